The SMILES string of the molecule is Cc1cc(C)c(S(=O)(=O)N2CCC[C@H](C)C2)c(C)c1. The normalized spacial score (nSPS) is 21.6. The van der Waals surface area contributed by atoms with Gasteiger partial charge in [0.25, 0.3) is 0 Å². The molecule has 0 bridgehead atoms. The zero-order valence-corrected chi connectivity index (χ0v) is 13.0. The molecule has 0 aliphatic carbocycles. The molecule has 0 radical (unpaired) electrons. The van der Waals surface area contributed by atoms with Gasteiger partial charge in [0.1, 0.15) is 0 Å². The molecule has 2 rings (SSSR count). The van der Waals surface area contributed by atoms with Crippen LogP contribution in [-0.4, -0.2) is 25.8 Å². The summed E-state index contributed by atoms with van der Waals surface area (Å²) in [5.74, 6) is 0.453. The van der Waals surface area contributed by atoms with Crippen molar-refractivity contribution in [1.82, 2.24) is 4.31 Å². The Morgan fingerprint density at radius 3 is 2.26 bits per heavy atom. The van der Waals surface area contributed by atoms with E-state index in [4.69, 9.17) is 0 Å². The number of rotatable bonds is 2. The molecule has 0 aromatic heterocycles. The van der Waals surface area contributed by atoms with E-state index < -0.39 is 10.0 Å². The van der Waals surface area contributed by atoms with Gasteiger partial charge in [-0.3, -0.25) is 0 Å². The Bertz CT molecular complexity index is 555. The monoisotopic (exact) mass is 281 g/mol. The van der Waals surface area contributed by atoms with Gasteiger partial charge in [-0.25, -0.2) is 8.42 Å². The van der Waals surface area contributed by atoms with Gasteiger partial charge in [0, 0.05) is 13.1 Å². The maximum Gasteiger partial charge on any atom is 0.243 e. The van der Waals surface area contributed by atoms with E-state index in [-0.39, 0.29) is 0 Å². The Hall–Kier alpha value is -0.870. The van der Waals surface area contributed by atoms with Gasteiger partial charge in [-0.15, -0.1) is 0 Å². The summed E-state index contributed by atoms with van der Waals surface area (Å²) in [5, 5.41) is 0. The van der Waals surface area contributed by atoms with Crippen molar-refractivity contribution in [2.75, 3.05) is 13.1 Å². The molecule has 1 atom stereocenters. The molecule has 0 N–H and O–H groups in total. The van der Waals surface area contributed by atoms with Gasteiger partial charge in [-0.1, -0.05) is 24.6 Å². The summed E-state index contributed by atoms with van der Waals surface area (Å²) in [6.07, 6.45) is 2.09. The molecule has 1 aromatic carbocycles. The molecule has 1 aromatic rings. The summed E-state index contributed by atoms with van der Waals surface area (Å²) >= 11 is 0. The van der Waals surface area contributed by atoms with Crippen molar-refractivity contribution >= 4 is 10.0 Å². The van der Waals surface area contributed by atoms with Crippen molar-refractivity contribution in [3.05, 3.63) is 28.8 Å². The lowest BCUT2D eigenvalue weighted by Crippen LogP contribution is -2.39. The highest BCUT2D eigenvalue weighted by molar-refractivity contribution is 7.89. The van der Waals surface area contributed by atoms with Gasteiger partial charge in [0.15, 0.2) is 0 Å². The lowest BCUT2D eigenvalue weighted by molar-refractivity contribution is 0.281. The van der Waals surface area contributed by atoms with Crippen LogP contribution in [0.1, 0.15) is 36.5 Å². The van der Waals surface area contributed by atoms with E-state index in [9.17, 15) is 8.42 Å². The fourth-order valence-electron chi connectivity index (χ4n) is 3.07. The minimum absolute atomic E-state index is 0.453. The number of benzene rings is 1. The predicted octanol–water partition coefficient (Wildman–Crippen LogP) is 3.03. The van der Waals surface area contributed by atoms with Crippen LogP contribution < -0.4 is 0 Å². The maximum absolute atomic E-state index is 12.8. The highest BCUT2D eigenvalue weighted by atomic mass is 32.2. The van der Waals surface area contributed by atoms with E-state index in [1.54, 1.807) is 4.31 Å². The van der Waals surface area contributed by atoms with Gasteiger partial charge in [0.2, 0.25) is 10.0 Å². The van der Waals surface area contributed by atoms with E-state index >= 15 is 0 Å². The van der Waals surface area contributed by atoms with Crippen molar-refractivity contribution in [3.63, 3.8) is 0 Å². The molecule has 106 valence electrons. The average molecular weight is 281 g/mol. The number of piperidine rings is 1. The van der Waals surface area contributed by atoms with Gasteiger partial charge < -0.3 is 0 Å². The van der Waals surface area contributed by atoms with Crippen LogP contribution in [0.5, 0.6) is 0 Å². The highest BCUT2D eigenvalue weighted by Gasteiger charge is 2.30. The smallest absolute Gasteiger partial charge is 0.207 e. The molecule has 1 saturated heterocycles. The van der Waals surface area contributed by atoms with E-state index in [1.807, 2.05) is 32.9 Å². The largest absolute Gasteiger partial charge is 0.243 e. The highest BCUT2D eigenvalue weighted by Crippen LogP contribution is 2.28. The van der Waals surface area contributed by atoms with Crippen LogP contribution >= 0.6 is 0 Å². The standard InChI is InChI=1S/C15H23NO2S/c1-11-6-5-7-16(10-11)19(17,18)15-13(3)8-12(2)9-14(15)4/h8-9,11H,5-7,10H2,1-4H3/t11-/m0/s1. The van der Waals surface area contributed by atoms with Crippen LogP contribution in [0.3, 0.4) is 0 Å². The Kier molecular flexibility index (Phi) is 4.02. The first-order chi connectivity index (χ1) is 8.82. The fraction of sp³-hybridized carbons (Fsp3) is 0.600. The van der Waals surface area contributed by atoms with Crippen LogP contribution in [0, 0.1) is 26.7 Å². The van der Waals surface area contributed by atoms with Crippen molar-refractivity contribution in [2.24, 2.45) is 5.92 Å². The third-order valence-corrected chi connectivity index (χ3v) is 5.99. The van der Waals surface area contributed by atoms with Gasteiger partial charge in [-0.2, -0.15) is 4.31 Å². The van der Waals surface area contributed by atoms with Crippen molar-refractivity contribution in [1.29, 1.82) is 0 Å². The van der Waals surface area contributed by atoms with Gasteiger partial charge in [0.05, 0.1) is 4.90 Å². The summed E-state index contributed by atoms with van der Waals surface area (Å²) in [7, 11) is -3.34. The van der Waals surface area contributed by atoms with Crippen LogP contribution in [0.15, 0.2) is 17.0 Å². The van der Waals surface area contributed by atoms with E-state index in [1.165, 1.54) is 0 Å². The maximum atomic E-state index is 12.8. The van der Waals surface area contributed by atoms with Crippen LogP contribution in [0.25, 0.3) is 0 Å². The quantitative estimate of drug-likeness (QED) is 0.835. The second-order valence-electron chi connectivity index (χ2n) is 5.84. The Morgan fingerprint density at radius 2 is 1.74 bits per heavy atom. The van der Waals surface area contributed by atoms with Crippen LogP contribution in [0.2, 0.25) is 0 Å². The molecule has 1 aliphatic rings. The molecule has 4 heteroatoms. The number of nitrogens with zero attached hydrogens (tertiary/aromatic N) is 1. The first-order valence-electron chi connectivity index (χ1n) is 6.90. The molecule has 3 nitrogen and oxygen atoms in total. The van der Waals surface area contributed by atoms with Gasteiger partial charge in [-0.05, 0) is 50.7 Å². The topological polar surface area (TPSA) is 37.4 Å². The first kappa shape index (κ1) is 14.5. The zero-order chi connectivity index (χ0) is 14.2. The molecule has 0 amide bonds. The van der Waals surface area contributed by atoms with E-state index in [0.717, 1.165) is 29.5 Å². The minimum Gasteiger partial charge on any atom is -0.207 e. The van der Waals surface area contributed by atoms with E-state index in [0.29, 0.717) is 23.9 Å². The third kappa shape index (κ3) is 2.84. The lowest BCUT2D eigenvalue weighted by Gasteiger charge is -2.31. The fourth-order valence-corrected chi connectivity index (χ4v) is 5.08. The second kappa shape index (κ2) is 5.25. The first-order valence-corrected chi connectivity index (χ1v) is 8.34. The third-order valence-electron chi connectivity index (χ3n) is 3.82. The Morgan fingerprint density at radius 1 is 1.16 bits per heavy atom. The summed E-state index contributed by atoms with van der Waals surface area (Å²) in [6, 6.07) is 3.90. The molecule has 0 spiro atoms. The van der Waals surface area contributed by atoms with Crippen molar-refractivity contribution in [2.45, 2.75) is 45.4 Å². The second-order valence-corrected chi connectivity index (χ2v) is 7.71. The summed E-state index contributed by atoms with van der Waals surface area (Å²) in [6.45, 7) is 9.20. The molecular formula is C15H23NO2S. The Labute approximate surface area is 116 Å². The molecular weight excluding hydrogens is 258 g/mol. The zero-order valence-electron chi connectivity index (χ0n) is 12.2. The molecule has 1 fully saturated rings. The van der Waals surface area contributed by atoms with Crippen molar-refractivity contribution in [3.8, 4) is 0 Å². The number of hydrogen-bond donors (Lipinski definition) is 0. The van der Waals surface area contributed by atoms with E-state index in [2.05, 4.69) is 6.92 Å². The molecule has 0 saturated carbocycles. The average Bonchev–Trinajstić information content (AvgIpc) is 2.26. The molecule has 19 heavy (non-hydrogen) atoms. The summed E-state index contributed by atoms with van der Waals surface area (Å²) < 4.78 is 27.3. The Balaban J connectivity index is 2.45. The molecule has 1 aliphatic heterocycles. The van der Waals surface area contributed by atoms with Gasteiger partial charge >= 0.3 is 0 Å². The summed E-state index contributed by atoms with van der Waals surface area (Å²) in [5.41, 5.74) is 2.83. The predicted molar refractivity (Wildman–Crippen MR) is 77.8 cm³/mol. The molecule has 0 unspecified atom stereocenters. The minimum atomic E-state index is -3.34. The number of aryl methyl sites for hydroxylation is 3. The lowest BCUT2D eigenvalue weighted by atomic mass is 10.0. The number of hydrogen-bond acceptors (Lipinski definition) is 2. The van der Waals surface area contributed by atoms with Crippen LogP contribution in [-0.2, 0) is 10.0 Å². The number of sulfonamides is 1. The molecule has 1 heterocycles. The van der Waals surface area contributed by atoms with Crippen LogP contribution in [0.4, 0.5) is 0 Å². The summed E-state index contributed by atoms with van der Waals surface area (Å²) in [4.78, 5) is 0.507. The van der Waals surface area contributed by atoms with Crippen molar-refractivity contribution < 1.29 is 8.42 Å².